The number of rotatable bonds is 5. The van der Waals surface area contributed by atoms with Gasteiger partial charge >= 0.3 is 0 Å². The highest BCUT2D eigenvalue weighted by atomic mass is 16.7. The fourth-order valence-electron chi connectivity index (χ4n) is 1.20. The van der Waals surface area contributed by atoms with Gasteiger partial charge in [0.25, 0.3) is 0 Å². The van der Waals surface area contributed by atoms with E-state index in [1.54, 1.807) is 0 Å². The molecule has 0 amide bonds. The van der Waals surface area contributed by atoms with Gasteiger partial charge in [0.2, 0.25) is 0 Å². The van der Waals surface area contributed by atoms with E-state index in [-0.39, 0.29) is 6.29 Å². The first kappa shape index (κ1) is 9.50. The number of nitrogens with zero attached hydrogens (tertiary/aromatic N) is 1. The third-order valence-electron chi connectivity index (χ3n) is 1.87. The van der Waals surface area contributed by atoms with E-state index < -0.39 is 0 Å². The normalized spacial score (nSPS) is 22.4. The third kappa shape index (κ3) is 3.70. The van der Waals surface area contributed by atoms with Gasteiger partial charge in [-0.25, -0.2) is 0 Å². The smallest absolute Gasteiger partial charge is 0.157 e. The van der Waals surface area contributed by atoms with Crippen LogP contribution < -0.4 is 0 Å². The van der Waals surface area contributed by atoms with E-state index in [4.69, 9.17) is 14.7 Å². The van der Waals surface area contributed by atoms with E-state index in [0.717, 1.165) is 38.9 Å². The van der Waals surface area contributed by atoms with Crippen LogP contribution >= 0.6 is 0 Å². The zero-order valence-electron chi connectivity index (χ0n) is 7.29. The molecule has 1 rings (SSSR count). The van der Waals surface area contributed by atoms with Gasteiger partial charge in [0.05, 0.1) is 6.07 Å². The highest BCUT2D eigenvalue weighted by Crippen LogP contribution is 2.13. The lowest BCUT2D eigenvalue weighted by Crippen LogP contribution is -2.11. The van der Waals surface area contributed by atoms with Crippen molar-refractivity contribution in [3.63, 3.8) is 0 Å². The van der Waals surface area contributed by atoms with Crippen molar-refractivity contribution in [3.05, 3.63) is 0 Å². The van der Waals surface area contributed by atoms with Gasteiger partial charge in [0.15, 0.2) is 6.29 Å². The second-order valence-electron chi connectivity index (χ2n) is 2.93. The van der Waals surface area contributed by atoms with Gasteiger partial charge in [-0.1, -0.05) is 0 Å². The Hall–Kier alpha value is -0.590. The monoisotopic (exact) mass is 169 g/mol. The molecular weight excluding hydrogens is 154 g/mol. The maximum Gasteiger partial charge on any atom is 0.157 e. The van der Waals surface area contributed by atoms with Crippen molar-refractivity contribution >= 4 is 0 Å². The Balaban J connectivity index is 1.85. The zero-order valence-corrected chi connectivity index (χ0v) is 7.29. The molecule has 0 aromatic carbocycles. The van der Waals surface area contributed by atoms with Crippen molar-refractivity contribution in [1.29, 1.82) is 5.26 Å². The van der Waals surface area contributed by atoms with E-state index in [1.807, 2.05) is 0 Å². The van der Waals surface area contributed by atoms with E-state index in [2.05, 4.69) is 6.07 Å². The van der Waals surface area contributed by atoms with E-state index in [9.17, 15) is 0 Å². The van der Waals surface area contributed by atoms with Crippen molar-refractivity contribution in [2.45, 2.75) is 38.4 Å². The van der Waals surface area contributed by atoms with Gasteiger partial charge < -0.3 is 9.47 Å². The minimum Gasteiger partial charge on any atom is -0.353 e. The summed E-state index contributed by atoms with van der Waals surface area (Å²) in [7, 11) is 0. The molecule has 0 aromatic heterocycles. The molecule has 1 heterocycles. The molecule has 1 unspecified atom stereocenters. The molecule has 1 aliphatic heterocycles. The molecule has 0 N–H and O–H groups in total. The lowest BCUT2D eigenvalue weighted by Gasteiger charge is -2.09. The molecule has 12 heavy (non-hydrogen) atoms. The molecule has 1 atom stereocenters. The van der Waals surface area contributed by atoms with Crippen LogP contribution in [0.25, 0.3) is 0 Å². The van der Waals surface area contributed by atoms with Crippen LogP contribution in [0.5, 0.6) is 0 Å². The van der Waals surface area contributed by atoms with E-state index in [0.29, 0.717) is 6.42 Å². The lowest BCUT2D eigenvalue weighted by molar-refractivity contribution is -0.111. The summed E-state index contributed by atoms with van der Waals surface area (Å²) >= 11 is 0. The maximum absolute atomic E-state index is 8.26. The minimum atomic E-state index is 0.0343. The average Bonchev–Trinajstić information content (AvgIpc) is 2.57. The molecule has 0 bridgehead atoms. The van der Waals surface area contributed by atoms with Gasteiger partial charge in [0.1, 0.15) is 0 Å². The SMILES string of the molecule is N#CCCCCOC1CCCO1. The first-order valence-corrected chi connectivity index (χ1v) is 4.53. The Bertz CT molecular complexity index is 147. The largest absolute Gasteiger partial charge is 0.353 e. The summed E-state index contributed by atoms with van der Waals surface area (Å²) in [6.07, 6.45) is 4.71. The Morgan fingerprint density at radius 2 is 2.42 bits per heavy atom. The molecule has 0 aliphatic carbocycles. The van der Waals surface area contributed by atoms with Crippen LogP contribution in [0, 0.1) is 11.3 Å². The number of unbranched alkanes of at least 4 members (excludes halogenated alkanes) is 2. The highest BCUT2D eigenvalue weighted by Gasteiger charge is 2.14. The molecule has 0 saturated carbocycles. The van der Waals surface area contributed by atoms with E-state index in [1.165, 1.54) is 0 Å². The maximum atomic E-state index is 8.26. The van der Waals surface area contributed by atoms with Gasteiger partial charge in [0, 0.05) is 26.1 Å². The second kappa shape index (κ2) is 5.99. The predicted molar refractivity (Wildman–Crippen MR) is 44.4 cm³/mol. The summed E-state index contributed by atoms with van der Waals surface area (Å²) in [5, 5.41) is 8.26. The molecule has 0 radical (unpaired) electrons. The molecule has 0 spiro atoms. The minimum absolute atomic E-state index is 0.0343. The number of nitriles is 1. The van der Waals surface area contributed by atoms with Gasteiger partial charge in [-0.15, -0.1) is 0 Å². The lowest BCUT2D eigenvalue weighted by atomic mass is 10.2. The van der Waals surface area contributed by atoms with Crippen molar-refractivity contribution < 1.29 is 9.47 Å². The van der Waals surface area contributed by atoms with Crippen LogP contribution in [0.3, 0.4) is 0 Å². The molecule has 3 heteroatoms. The summed E-state index contributed by atoms with van der Waals surface area (Å²) in [4.78, 5) is 0. The van der Waals surface area contributed by atoms with Crippen molar-refractivity contribution in [1.82, 2.24) is 0 Å². The first-order chi connectivity index (χ1) is 5.93. The fraction of sp³-hybridized carbons (Fsp3) is 0.889. The molecular formula is C9H15NO2. The number of hydrogen-bond donors (Lipinski definition) is 0. The first-order valence-electron chi connectivity index (χ1n) is 4.53. The Morgan fingerprint density at radius 1 is 1.50 bits per heavy atom. The van der Waals surface area contributed by atoms with Crippen LogP contribution in [0.2, 0.25) is 0 Å². The summed E-state index contributed by atoms with van der Waals surface area (Å²) in [5.41, 5.74) is 0. The molecule has 68 valence electrons. The zero-order chi connectivity index (χ0) is 8.65. The van der Waals surface area contributed by atoms with Crippen molar-refractivity contribution in [3.8, 4) is 6.07 Å². The average molecular weight is 169 g/mol. The molecule has 3 nitrogen and oxygen atoms in total. The topological polar surface area (TPSA) is 42.2 Å². The van der Waals surface area contributed by atoms with Crippen LogP contribution in [0.4, 0.5) is 0 Å². The van der Waals surface area contributed by atoms with Crippen LogP contribution in [0.1, 0.15) is 32.1 Å². The van der Waals surface area contributed by atoms with Crippen LogP contribution in [0.15, 0.2) is 0 Å². The molecule has 0 aromatic rings. The van der Waals surface area contributed by atoms with Crippen molar-refractivity contribution in [2.75, 3.05) is 13.2 Å². The highest BCUT2D eigenvalue weighted by molar-refractivity contribution is 4.67. The number of hydrogen-bond acceptors (Lipinski definition) is 3. The van der Waals surface area contributed by atoms with E-state index >= 15 is 0 Å². The molecule has 1 saturated heterocycles. The fourth-order valence-corrected chi connectivity index (χ4v) is 1.20. The predicted octanol–water partition coefficient (Wildman–Crippen LogP) is 1.83. The molecule has 1 aliphatic rings. The standard InChI is InChI=1S/C9H15NO2/c10-6-2-1-3-7-11-9-5-4-8-12-9/h9H,1-5,7-8H2. The van der Waals surface area contributed by atoms with Gasteiger partial charge in [-0.3, -0.25) is 0 Å². The third-order valence-corrected chi connectivity index (χ3v) is 1.87. The summed E-state index contributed by atoms with van der Waals surface area (Å²) in [6.45, 7) is 1.56. The van der Waals surface area contributed by atoms with Crippen molar-refractivity contribution in [2.24, 2.45) is 0 Å². The van der Waals surface area contributed by atoms with Crippen LogP contribution in [-0.4, -0.2) is 19.5 Å². The summed E-state index contributed by atoms with van der Waals surface area (Å²) in [5.74, 6) is 0. The second-order valence-corrected chi connectivity index (χ2v) is 2.93. The summed E-state index contributed by atoms with van der Waals surface area (Å²) in [6, 6.07) is 2.11. The molecule has 1 fully saturated rings. The quantitative estimate of drug-likeness (QED) is 0.590. The van der Waals surface area contributed by atoms with Crippen LogP contribution in [-0.2, 0) is 9.47 Å². The Labute approximate surface area is 73.3 Å². The Kier molecular flexibility index (Phi) is 4.74. The Morgan fingerprint density at radius 3 is 3.08 bits per heavy atom. The van der Waals surface area contributed by atoms with Gasteiger partial charge in [-0.2, -0.15) is 5.26 Å². The number of ether oxygens (including phenoxy) is 2. The summed E-state index contributed by atoms with van der Waals surface area (Å²) < 4.78 is 10.7. The van der Waals surface area contributed by atoms with Gasteiger partial charge in [-0.05, 0) is 19.3 Å².